The fourth-order valence-corrected chi connectivity index (χ4v) is 4.81. The second-order valence-corrected chi connectivity index (χ2v) is 16.0. The van der Waals surface area contributed by atoms with Crippen molar-refractivity contribution in [1.29, 1.82) is 0 Å². The van der Waals surface area contributed by atoms with Gasteiger partial charge < -0.3 is 19.7 Å². The Labute approximate surface area is 130 Å². The van der Waals surface area contributed by atoms with Crippen molar-refractivity contribution in [1.82, 2.24) is 10.2 Å². The lowest BCUT2D eigenvalue weighted by Crippen LogP contribution is -2.41. The molecule has 126 valence electrons. The molecule has 0 amide bonds. The van der Waals surface area contributed by atoms with Gasteiger partial charge in [0.05, 0.1) is 18.2 Å². The minimum Gasteiger partial charge on any atom is -0.384 e. The molecular weight excluding hydrogens is 284 g/mol. The molecule has 1 spiro atoms. The van der Waals surface area contributed by atoms with E-state index in [1.807, 2.05) is 7.05 Å². The molecule has 1 heterocycles. The second-order valence-electron chi connectivity index (χ2n) is 8.35. The summed E-state index contributed by atoms with van der Waals surface area (Å²) in [6.07, 6.45) is 16.2. The Kier molecular flexibility index (Phi) is 4.58. The highest BCUT2D eigenvalue weighted by molar-refractivity contribution is 8.50. The van der Waals surface area contributed by atoms with Crippen LogP contribution in [0.4, 0.5) is 0 Å². The lowest BCUT2D eigenvalue weighted by atomic mass is 9.89. The predicted molar refractivity (Wildman–Crippen MR) is 94.5 cm³/mol. The molecule has 1 saturated heterocycles. The van der Waals surface area contributed by atoms with E-state index in [-0.39, 0.29) is 5.79 Å². The summed E-state index contributed by atoms with van der Waals surface area (Å²) >= 11 is 0. The molecule has 0 unspecified atom stereocenters. The Balaban J connectivity index is 2.00. The first kappa shape index (κ1) is 17.0. The van der Waals surface area contributed by atoms with Crippen LogP contribution in [0.2, 0.25) is 0 Å². The summed E-state index contributed by atoms with van der Waals surface area (Å²) in [5.74, 6) is -0.253. The van der Waals surface area contributed by atoms with Crippen molar-refractivity contribution >= 4 is 9.16 Å². The van der Waals surface area contributed by atoms with E-state index in [1.165, 1.54) is 5.03 Å². The molecule has 5 heteroatoms. The van der Waals surface area contributed by atoms with Gasteiger partial charge in [0, 0.05) is 39.2 Å². The summed E-state index contributed by atoms with van der Waals surface area (Å²) < 4.78 is 11.6. The fraction of sp³-hybridized carbons (Fsp3) is 0.875. The van der Waals surface area contributed by atoms with E-state index >= 15 is 0 Å². The van der Waals surface area contributed by atoms with Crippen molar-refractivity contribution in [3.8, 4) is 0 Å². The third kappa shape index (κ3) is 4.08. The first-order chi connectivity index (χ1) is 9.62. The molecule has 0 aromatic rings. The van der Waals surface area contributed by atoms with Gasteiger partial charge in [0.15, 0.2) is 5.79 Å². The zero-order valence-electron chi connectivity index (χ0n) is 14.6. The van der Waals surface area contributed by atoms with Crippen molar-refractivity contribution in [2.75, 3.05) is 52.3 Å². The van der Waals surface area contributed by atoms with E-state index in [2.05, 4.69) is 48.5 Å². The zero-order valence-corrected chi connectivity index (χ0v) is 15.5. The van der Waals surface area contributed by atoms with Crippen molar-refractivity contribution in [3.05, 3.63) is 11.2 Å². The van der Waals surface area contributed by atoms with Crippen LogP contribution in [0, 0.1) is 0 Å². The summed E-state index contributed by atoms with van der Waals surface area (Å²) in [5.41, 5.74) is 0. The number of nitrogens with one attached hydrogen (secondary N) is 1. The molecule has 2 rings (SSSR count). The average Bonchev–Trinajstić information content (AvgIpc) is 2.82. The predicted octanol–water partition coefficient (Wildman–Crippen LogP) is 2.21. The molecule has 1 N–H and O–H groups in total. The molecule has 2 aliphatic rings. The van der Waals surface area contributed by atoms with Crippen LogP contribution in [-0.2, 0) is 9.47 Å². The Morgan fingerprint density at radius 1 is 1.14 bits per heavy atom. The van der Waals surface area contributed by atoms with Gasteiger partial charge >= 0.3 is 0 Å². The summed E-state index contributed by atoms with van der Waals surface area (Å²) in [6.45, 7) is 1.52. The molecule has 21 heavy (non-hydrogen) atoms. The van der Waals surface area contributed by atoms with Crippen LogP contribution in [0.3, 0.4) is 0 Å². The van der Waals surface area contributed by atoms with Crippen LogP contribution in [0.5, 0.6) is 0 Å². The molecule has 2 fully saturated rings. The highest BCUT2D eigenvalue weighted by Gasteiger charge is 2.41. The smallest absolute Gasteiger partial charge is 0.168 e. The van der Waals surface area contributed by atoms with Gasteiger partial charge in [-0.15, -0.1) is 0 Å². The molecule has 1 aliphatic carbocycles. The molecule has 0 aromatic carbocycles. The van der Waals surface area contributed by atoms with E-state index in [0.29, 0.717) is 6.04 Å². The summed E-state index contributed by atoms with van der Waals surface area (Å²) in [7, 11) is 2.49. The number of rotatable bonds is 4. The van der Waals surface area contributed by atoms with Gasteiger partial charge in [-0.2, -0.15) is 0 Å². The Bertz CT molecular complexity index is 389. The molecule has 0 bridgehead atoms. The number of ether oxygens (including phenoxy) is 2. The van der Waals surface area contributed by atoms with Gasteiger partial charge in [-0.3, -0.25) is 9.16 Å². The molecule has 4 nitrogen and oxygen atoms in total. The van der Waals surface area contributed by atoms with Gasteiger partial charge in [0.1, 0.15) is 0 Å². The third-order valence-electron chi connectivity index (χ3n) is 4.65. The maximum Gasteiger partial charge on any atom is 0.168 e. The maximum absolute atomic E-state index is 5.82. The van der Waals surface area contributed by atoms with Crippen molar-refractivity contribution in [2.45, 2.75) is 37.5 Å². The monoisotopic (exact) mass is 318 g/mol. The molecular formula is C16H34N2O2S. The van der Waals surface area contributed by atoms with Gasteiger partial charge in [-0.25, -0.2) is 0 Å². The first-order valence-electron chi connectivity index (χ1n) is 8.02. The summed E-state index contributed by atoms with van der Waals surface area (Å²) in [5, 5.41) is 4.82. The minimum atomic E-state index is -1.75. The van der Waals surface area contributed by atoms with Gasteiger partial charge in [0.25, 0.3) is 0 Å². The topological polar surface area (TPSA) is 33.7 Å². The van der Waals surface area contributed by atoms with Crippen LogP contribution in [-0.4, -0.2) is 69.1 Å². The first-order valence-corrected chi connectivity index (χ1v) is 12.0. The van der Waals surface area contributed by atoms with E-state index < -0.39 is 9.16 Å². The molecule has 0 atom stereocenters. The SMILES string of the molecule is CN/C(=C\N(C)C1CCC2(CC1)OCCO2)[SH](C)(C)(C)C. The molecule has 1 aliphatic heterocycles. The minimum absolute atomic E-state index is 0.253. The Morgan fingerprint density at radius 2 is 1.67 bits per heavy atom. The van der Waals surface area contributed by atoms with Crippen molar-refractivity contribution < 1.29 is 9.47 Å². The fourth-order valence-electron chi connectivity index (χ4n) is 3.28. The van der Waals surface area contributed by atoms with Crippen molar-refractivity contribution in [2.24, 2.45) is 0 Å². The lowest BCUT2D eigenvalue weighted by molar-refractivity contribution is -0.182. The highest BCUT2D eigenvalue weighted by Crippen LogP contribution is 2.61. The number of thiol groups is 1. The van der Waals surface area contributed by atoms with Crippen LogP contribution < -0.4 is 5.32 Å². The van der Waals surface area contributed by atoms with Crippen LogP contribution in [0.25, 0.3) is 0 Å². The summed E-state index contributed by atoms with van der Waals surface area (Å²) in [6, 6.07) is 0.588. The zero-order chi connectivity index (χ0) is 15.8. The van der Waals surface area contributed by atoms with Gasteiger partial charge in [-0.05, 0) is 37.9 Å². The standard InChI is InChI=1S/C16H34N2O2S/c1-17-15(21(3,4,5)6)13-18(2)14-7-9-16(10-8-14)19-11-12-20-16/h13-14,17,21H,7-12H2,1-6H3/b15-13+. The van der Waals surface area contributed by atoms with Crippen LogP contribution in [0.1, 0.15) is 25.7 Å². The van der Waals surface area contributed by atoms with E-state index in [1.54, 1.807) is 0 Å². The number of hydrogen-bond acceptors (Lipinski definition) is 4. The average molecular weight is 319 g/mol. The Morgan fingerprint density at radius 3 is 2.10 bits per heavy atom. The molecule has 0 aromatic heterocycles. The lowest BCUT2D eigenvalue weighted by Gasteiger charge is -2.50. The number of nitrogens with zero attached hydrogens (tertiary/aromatic N) is 1. The second kappa shape index (κ2) is 5.67. The van der Waals surface area contributed by atoms with Crippen LogP contribution in [0.15, 0.2) is 11.2 Å². The van der Waals surface area contributed by atoms with Crippen LogP contribution >= 0.6 is 9.16 Å². The quantitative estimate of drug-likeness (QED) is 0.779. The Hall–Kier alpha value is -0.390. The van der Waals surface area contributed by atoms with E-state index in [0.717, 1.165) is 38.9 Å². The number of hydrogen-bond donors (Lipinski definition) is 2. The van der Waals surface area contributed by atoms with E-state index in [9.17, 15) is 0 Å². The molecule has 1 saturated carbocycles. The van der Waals surface area contributed by atoms with Crippen molar-refractivity contribution in [3.63, 3.8) is 0 Å². The normalized spacial score (nSPS) is 25.6. The van der Waals surface area contributed by atoms with Gasteiger partial charge in [-0.1, -0.05) is 0 Å². The maximum atomic E-state index is 5.82. The van der Waals surface area contributed by atoms with E-state index in [4.69, 9.17) is 9.47 Å². The largest absolute Gasteiger partial charge is 0.384 e. The highest BCUT2D eigenvalue weighted by atomic mass is 32.3. The molecule has 0 radical (unpaired) electrons. The summed E-state index contributed by atoms with van der Waals surface area (Å²) in [4.78, 5) is 2.40. The third-order valence-corrected chi connectivity index (χ3v) is 6.92. The van der Waals surface area contributed by atoms with Gasteiger partial charge in [0.2, 0.25) is 0 Å².